The maximum absolute atomic E-state index is 12.3. The number of ketones is 1. The molecule has 0 saturated heterocycles. The van der Waals surface area contributed by atoms with E-state index < -0.39 is 0 Å². The maximum Gasteiger partial charge on any atom is 0.251 e. The van der Waals surface area contributed by atoms with Gasteiger partial charge < -0.3 is 5.32 Å². The molecule has 24 heavy (non-hydrogen) atoms. The third-order valence-corrected chi connectivity index (χ3v) is 4.68. The first-order valence-electron chi connectivity index (χ1n) is 7.07. The van der Waals surface area contributed by atoms with Crippen LogP contribution in [0.4, 0.5) is 0 Å². The lowest BCUT2D eigenvalue weighted by molar-refractivity contribution is 0.0947. The maximum atomic E-state index is 12.3. The molecule has 2 aromatic rings. The second-order valence-electron chi connectivity index (χ2n) is 5.02. The lowest BCUT2D eigenvalue weighted by Crippen LogP contribution is -2.23. The van der Waals surface area contributed by atoms with Crippen molar-refractivity contribution in [3.63, 3.8) is 0 Å². The van der Waals surface area contributed by atoms with Gasteiger partial charge >= 0.3 is 0 Å². The molecule has 0 unspecified atom stereocenters. The zero-order chi connectivity index (χ0) is 17.9. The average Bonchev–Trinajstić information content (AvgIpc) is 2.54. The van der Waals surface area contributed by atoms with E-state index in [1.807, 2.05) is 0 Å². The van der Waals surface area contributed by atoms with Gasteiger partial charge in [-0.1, -0.05) is 59.4 Å². The monoisotopic (exact) mass is 403 g/mol. The SMILES string of the molecule is CCC(=O)c1c(Cl)cc(C(=O)NCc2ccc(Cl)c(Cl)c2)cc1Cl. The zero-order valence-electron chi connectivity index (χ0n) is 12.6. The minimum absolute atomic E-state index is 0.161. The summed E-state index contributed by atoms with van der Waals surface area (Å²) in [5.74, 6) is -0.534. The summed E-state index contributed by atoms with van der Waals surface area (Å²) in [4.78, 5) is 24.1. The van der Waals surface area contributed by atoms with Crippen LogP contribution in [0.3, 0.4) is 0 Å². The largest absolute Gasteiger partial charge is 0.348 e. The van der Waals surface area contributed by atoms with Gasteiger partial charge in [0.15, 0.2) is 5.78 Å². The number of hydrogen-bond donors (Lipinski definition) is 1. The van der Waals surface area contributed by atoms with Crippen molar-refractivity contribution in [2.75, 3.05) is 0 Å². The first kappa shape index (κ1) is 19.1. The van der Waals surface area contributed by atoms with Gasteiger partial charge in [0.05, 0.1) is 25.7 Å². The van der Waals surface area contributed by atoms with Gasteiger partial charge in [-0.2, -0.15) is 0 Å². The van der Waals surface area contributed by atoms with Crippen LogP contribution in [0.15, 0.2) is 30.3 Å². The van der Waals surface area contributed by atoms with Crippen LogP contribution in [0.1, 0.15) is 39.6 Å². The molecule has 3 nitrogen and oxygen atoms in total. The number of nitrogens with one attached hydrogen (secondary N) is 1. The molecule has 0 aliphatic rings. The van der Waals surface area contributed by atoms with Gasteiger partial charge in [-0.25, -0.2) is 0 Å². The van der Waals surface area contributed by atoms with E-state index in [1.165, 1.54) is 12.1 Å². The van der Waals surface area contributed by atoms with Crippen LogP contribution in [0, 0.1) is 0 Å². The van der Waals surface area contributed by atoms with E-state index in [-0.39, 0.29) is 45.8 Å². The summed E-state index contributed by atoms with van der Waals surface area (Å²) in [7, 11) is 0. The fourth-order valence-electron chi connectivity index (χ4n) is 2.08. The normalized spacial score (nSPS) is 10.5. The molecule has 0 heterocycles. The molecule has 0 spiro atoms. The van der Waals surface area contributed by atoms with Crippen molar-refractivity contribution in [1.29, 1.82) is 0 Å². The predicted molar refractivity (Wildman–Crippen MR) is 98.7 cm³/mol. The van der Waals surface area contributed by atoms with Gasteiger partial charge in [0, 0.05) is 18.5 Å². The number of amides is 1. The van der Waals surface area contributed by atoms with Crippen molar-refractivity contribution in [3.8, 4) is 0 Å². The summed E-state index contributed by atoms with van der Waals surface area (Å²) in [5, 5.41) is 3.92. The molecule has 1 N–H and O–H groups in total. The van der Waals surface area contributed by atoms with Gasteiger partial charge in [0.1, 0.15) is 0 Å². The van der Waals surface area contributed by atoms with Crippen molar-refractivity contribution in [1.82, 2.24) is 5.32 Å². The topological polar surface area (TPSA) is 46.2 Å². The Bertz CT molecular complexity index is 782. The number of Topliss-reactive ketones (excluding diaryl/α,β-unsaturated/α-hetero) is 1. The van der Waals surface area contributed by atoms with Crippen molar-refractivity contribution < 1.29 is 9.59 Å². The Labute approximate surface area is 159 Å². The molecule has 0 bridgehead atoms. The van der Waals surface area contributed by atoms with Crippen molar-refractivity contribution >= 4 is 58.1 Å². The molecular weight excluding hydrogens is 392 g/mol. The standard InChI is InChI=1S/C17H13Cl4NO2/c1-2-15(23)16-13(20)6-10(7-14(16)21)17(24)22-8-9-3-4-11(18)12(19)5-9/h3-7H,2,8H2,1H3,(H,22,24). The number of carbonyl (C=O) groups excluding carboxylic acids is 2. The summed E-state index contributed by atoms with van der Waals surface area (Å²) < 4.78 is 0. The molecule has 0 aliphatic carbocycles. The van der Waals surface area contributed by atoms with Crippen LogP contribution in [0.2, 0.25) is 20.1 Å². The first-order valence-corrected chi connectivity index (χ1v) is 8.59. The summed E-state index contributed by atoms with van der Waals surface area (Å²) >= 11 is 24.0. The smallest absolute Gasteiger partial charge is 0.251 e. The Kier molecular flexibility index (Phi) is 6.53. The quantitative estimate of drug-likeness (QED) is 0.637. The molecule has 2 rings (SSSR count). The average molecular weight is 405 g/mol. The molecule has 0 aliphatic heterocycles. The molecule has 0 atom stereocenters. The summed E-state index contributed by atoms with van der Waals surface area (Å²) in [6, 6.07) is 7.95. The Morgan fingerprint density at radius 1 is 0.917 bits per heavy atom. The predicted octanol–water partition coefficient (Wildman–Crippen LogP) is 5.82. The van der Waals surface area contributed by atoms with E-state index >= 15 is 0 Å². The molecule has 126 valence electrons. The van der Waals surface area contributed by atoms with Crippen LogP contribution in [-0.4, -0.2) is 11.7 Å². The minimum Gasteiger partial charge on any atom is -0.348 e. The highest BCUT2D eigenvalue weighted by atomic mass is 35.5. The lowest BCUT2D eigenvalue weighted by Gasteiger charge is -2.10. The Morgan fingerprint density at radius 2 is 1.54 bits per heavy atom. The molecule has 2 aromatic carbocycles. The molecule has 1 amide bonds. The van der Waals surface area contributed by atoms with Crippen molar-refractivity contribution in [2.45, 2.75) is 19.9 Å². The first-order chi connectivity index (χ1) is 11.3. The second-order valence-corrected chi connectivity index (χ2v) is 6.65. The molecule has 0 radical (unpaired) electrons. The number of benzene rings is 2. The Balaban J connectivity index is 2.15. The Morgan fingerprint density at radius 3 is 2.08 bits per heavy atom. The van der Waals surface area contributed by atoms with Gasteiger partial charge in [-0.15, -0.1) is 0 Å². The zero-order valence-corrected chi connectivity index (χ0v) is 15.7. The van der Waals surface area contributed by atoms with E-state index in [4.69, 9.17) is 46.4 Å². The minimum atomic E-state index is -0.361. The highest BCUT2D eigenvalue weighted by molar-refractivity contribution is 6.42. The third kappa shape index (κ3) is 4.42. The van der Waals surface area contributed by atoms with Gasteiger partial charge in [-0.3, -0.25) is 9.59 Å². The fraction of sp³-hybridized carbons (Fsp3) is 0.176. The number of carbonyl (C=O) groups is 2. The Hall–Kier alpha value is -1.26. The summed E-state index contributed by atoms with van der Waals surface area (Å²) in [6.45, 7) is 1.98. The third-order valence-electron chi connectivity index (χ3n) is 3.34. The highest BCUT2D eigenvalue weighted by Gasteiger charge is 2.17. The number of halogens is 4. The van der Waals surface area contributed by atoms with Crippen LogP contribution in [0.25, 0.3) is 0 Å². The van der Waals surface area contributed by atoms with Crippen LogP contribution < -0.4 is 5.32 Å². The van der Waals surface area contributed by atoms with E-state index in [0.717, 1.165) is 5.56 Å². The number of rotatable bonds is 5. The van der Waals surface area contributed by atoms with Crippen molar-refractivity contribution in [3.05, 3.63) is 67.1 Å². The van der Waals surface area contributed by atoms with E-state index in [0.29, 0.717) is 10.0 Å². The van der Waals surface area contributed by atoms with E-state index in [2.05, 4.69) is 5.32 Å². The summed E-state index contributed by atoms with van der Waals surface area (Å²) in [6.07, 6.45) is 0.280. The molecule has 0 fully saturated rings. The van der Waals surface area contributed by atoms with E-state index in [1.54, 1.807) is 25.1 Å². The lowest BCUT2D eigenvalue weighted by atomic mass is 10.1. The van der Waals surface area contributed by atoms with Crippen LogP contribution >= 0.6 is 46.4 Å². The van der Waals surface area contributed by atoms with E-state index in [9.17, 15) is 9.59 Å². The highest BCUT2D eigenvalue weighted by Crippen LogP contribution is 2.28. The van der Waals surface area contributed by atoms with Gasteiger partial charge in [-0.05, 0) is 29.8 Å². The molecule has 0 saturated carbocycles. The second kappa shape index (κ2) is 8.21. The summed E-state index contributed by atoms with van der Waals surface area (Å²) in [5.41, 5.74) is 1.31. The van der Waals surface area contributed by atoms with Gasteiger partial charge in [0.25, 0.3) is 5.91 Å². The van der Waals surface area contributed by atoms with Crippen LogP contribution in [0.5, 0.6) is 0 Å². The fourth-order valence-corrected chi connectivity index (χ4v) is 3.10. The van der Waals surface area contributed by atoms with Gasteiger partial charge in [0.2, 0.25) is 0 Å². The van der Waals surface area contributed by atoms with Crippen LogP contribution in [-0.2, 0) is 6.54 Å². The molecule has 0 aromatic heterocycles. The molecular formula is C17H13Cl4NO2. The van der Waals surface area contributed by atoms with Crippen molar-refractivity contribution in [2.24, 2.45) is 0 Å². The number of hydrogen-bond acceptors (Lipinski definition) is 2. The molecule has 7 heteroatoms.